The number of para-hydroxylation sites is 1. The lowest BCUT2D eigenvalue weighted by Gasteiger charge is -2.15. The summed E-state index contributed by atoms with van der Waals surface area (Å²) >= 11 is 0.926. The molecule has 0 spiro atoms. The lowest BCUT2D eigenvalue weighted by molar-refractivity contribution is -0.255. The van der Waals surface area contributed by atoms with Crippen molar-refractivity contribution in [3.8, 4) is 0 Å². The topological polar surface area (TPSA) is 89.5 Å². The van der Waals surface area contributed by atoms with Gasteiger partial charge in [0.05, 0.1) is 12.5 Å². The summed E-state index contributed by atoms with van der Waals surface area (Å²) in [6, 6.07) is 15.1. The lowest BCUT2D eigenvalue weighted by Crippen LogP contribution is -2.33. The number of imide groups is 1. The van der Waals surface area contributed by atoms with Gasteiger partial charge in [0.1, 0.15) is 0 Å². The Morgan fingerprint density at radius 2 is 1.75 bits per heavy atom. The van der Waals surface area contributed by atoms with Crippen LogP contribution < -0.4 is 10.4 Å². The second-order valence-corrected chi connectivity index (χ2v) is 6.24. The molecule has 0 aliphatic carbocycles. The zero-order valence-electron chi connectivity index (χ0n) is 12.5. The number of benzene rings is 2. The number of rotatable bonds is 5. The van der Waals surface area contributed by atoms with Gasteiger partial charge in [0.2, 0.25) is 0 Å². The molecule has 2 amide bonds. The minimum absolute atomic E-state index is 0.0517. The summed E-state index contributed by atoms with van der Waals surface area (Å²) < 4.78 is 0. The average Bonchev–Trinajstić information content (AvgIpc) is 2.84. The number of nitrogens with one attached hydrogen (secondary N) is 1. The van der Waals surface area contributed by atoms with Gasteiger partial charge < -0.3 is 15.2 Å². The van der Waals surface area contributed by atoms with Crippen LogP contribution in [-0.4, -0.2) is 27.4 Å². The Bertz CT molecular complexity index is 777. The molecule has 0 unspecified atom stereocenters. The van der Waals surface area contributed by atoms with Crippen molar-refractivity contribution in [1.82, 2.24) is 4.90 Å². The number of amides is 2. The quantitative estimate of drug-likeness (QED) is 0.890. The first kappa shape index (κ1) is 16.1. The first-order valence-corrected chi connectivity index (χ1v) is 8.06. The third kappa shape index (κ3) is 3.41. The first-order valence-electron chi connectivity index (χ1n) is 7.18. The molecule has 1 aliphatic heterocycles. The van der Waals surface area contributed by atoms with Crippen molar-refractivity contribution in [3.05, 3.63) is 65.7 Å². The minimum atomic E-state index is -1.27. The van der Waals surface area contributed by atoms with Gasteiger partial charge in [-0.2, -0.15) is 0 Å². The Morgan fingerprint density at radius 1 is 1.08 bits per heavy atom. The number of hydrogen-bond donors (Lipinski definition) is 1. The van der Waals surface area contributed by atoms with Crippen LogP contribution in [-0.2, 0) is 11.3 Å². The number of nitrogens with zero attached hydrogens (tertiary/aromatic N) is 1. The molecule has 0 saturated carbocycles. The summed E-state index contributed by atoms with van der Waals surface area (Å²) in [4.78, 5) is 36.4. The normalized spacial score (nSPS) is 17.2. The number of carboxylic acids is 1. The van der Waals surface area contributed by atoms with Crippen LogP contribution in [0.25, 0.3) is 0 Å². The molecule has 1 fully saturated rings. The van der Waals surface area contributed by atoms with Gasteiger partial charge in [0.15, 0.2) is 5.37 Å². The van der Waals surface area contributed by atoms with Crippen LogP contribution in [0.3, 0.4) is 0 Å². The molecule has 6 nitrogen and oxygen atoms in total. The standard InChI is InChI=1S/C17H14N2O4S/c20-15-14(18-13-4-2-1-3-5-13)24-17(23)19(15)10-11-6-8-12(9-7-11)16(21)22/h1-9,14,18H,10H2,(H,21,22)/p-1/t14-/m1/s1. The smallest absolute Gasteiger partial charge is 0.291 e. The zero-order chi connectivity index (χ0) is 17.1. The molecular weight excluding hydrogens is 328 g/mol. The Kier molecular flexibility index (Phi) is 4.52. The molecule has 1 saturated heterocycles. The van der Waals surface area contributed by atoms with E-state index in [2.05, 4.69) is 5.32 Å². The van der Waals surface area contributed by atoms with E-state index in [0.717, 1.165) is 22.3 Å². The van der Waals surface area contributed by atoms with Crippen molar-refractivity contribution >= 4 is 34.6 Å². The maximum atomic E-state index is 12.4. The van der Waals surface area contributed by atoms with Crippen LogP contribution >= 0.6 is 11.8 Å². The van der Waals surface area contributed by atoms with Gasteiger partial charge in [-0.3, -0.25) is 14.5 Å². The minimum Gasteiger partial charge on any atom is -0.545 e. The molecule has 24 heavy (non-hydrogen) atoms. The van der Waals surface area contributed by atoms with E-state index in [1.807, 2.05) is 30.3 Å². The molecule has 122 valence electrons. The van der Waals surface area contributed by atoms with E-state index in [1.54, 1.807) is 12.1 Å². The molecule has 0 bridgehead atoms. The highest BCUT2D eigenvalue weighted by molar-refractivity contribution is 8.15. The van der Waals surface area contributed by atoms with Gasteiger partial charge in [0, 0.05) is 5.69 Å². The fraction of sp³-hybridized carbons (Fsp3) is 0.118. The molecule has 2 aromatic carbocycles. The molecule has 1 N–H and O–H groups in total. The van der Waals surface area contributed by atoms with Crippen molar-refractivity contribution in [2.75, 3.05) is 5.32 Å². The maximum absolute atomic E-state index is 12.4. The SMILES string of the molecule is O=C([O-])c1ccc(CN2C(=O)S[C@@H](Nc3ccccc3)C2=O)cc1. The van der Waals surface area contributed by atoms with Crippen LogP contribution in [0.5, 0.6) is 0 Å². The Balaban J connectivity index is 1.69. The average molecular weight is 341 g/mol. The van der Waals surface area contributed by atoms with Gasteiger partial charge in [0.25, 0.3) is 11.1 Å². The summed E-state index contributed by atoms with van der Waals surface area (Å²) in [7, 11) is 0. The fourth-order valence-electron chi connectivity index (χ4n) is 2.29. The number of aromatic carboxylic acids is 1. The van der Waals surface area contributed by atoms with Crippen molar-refractivity contribution < 1.29 is 19.5 Å². The predicted octanol–water partition coefficient (Wildman–Crippen LogP) is 1.68. The van der Waals surface area contributed by atoms with Gasteiger partial charge in [-0.1, -0.05) is 42.5 Å². The molecular formula is C17H13N2O4S-. The van der Waals surface area contributed by atoms with Crippen LogP contribution in [0.1, 0.15) is 15.9 Å². The Hall–Kier alpha value is -2.80. The van der Waals surface area contributed by atoms with E-state index in [4.69, 9.17) is 0 Å². The molecule has 1 aliphatic rings. The van der Waals surface area contributed by atoms with Crippen LogP contribution in [0.4, 0.5) is 10.5 Å². The molecule has 0 radical (unpaired) electrons. The van der Waals surface area contributed by atoms with Crippen LogP contribution in [0.15, 0.2) is 54.6 Å². The van der Waals surface area contributed by atoms with Crippen molar-refractivity contribution in [1.29, 1.82) is 0 Å². The van der Waals surface area contributed by atoms with Crippen LogP contribution in [0, 0.1) is 0 Å². The molecule has 0 aromatic heterocycles. The predicted molar refractivity (Wildman–Crippen MR) is 88.2 cm³/mol. The van der Waals surface area contributed by atoms with E-state index in [1.165, 1.54) is 12.1 Å². The van der Waals surface area contributed by atoms with Crippen LogP contribution in [0.2, 0.25) is 0 Å². The maximum Gasteiger partial charge on any atom is 0.291 e. The molecule has 7 heteroatoms. The fourth-order valence-corrected chi connectivity index (χ4v) is 3.20. The molecule has 1 heterocycles. The van der Waals surface area contributed by atoms with E-state index in [9.17, 15) is 19.5 Å². The van der Waals surface area contributed by atoms with Gasteiger partial charge in [-0.05, 0) is 35.0 Å². The summed E-state index contributed by atoms with van der Waals surface area (Å²) in [5, 5.41) is 12.8. The second-order valence-electron chi connectivity index (χ2n) is 5.18. The highest BCUT2D eigenvalue weighted by Crippen LogP contribution is 2.29. The third-order valence-corrected chi connectivity index (χ3v) is 4.51. The van der Waals surface area contributed by atoms with E-state index in [-0.39, 0.29) is 23.3 Å². The summed E-state index contributed by atoms with van der Waals surface area (Å²) in [6.45, 7) is 0.102. The largest absolute Gasteiger partial charge is 0.545 e. The zero-order valence-corrected chi connectivity index (χ0v) is 13.3. The van der Waals surface area contributed by atoms with Crippen molar-refractivity contribution in [2.24, 2.45) is 0 Å². The van der Waals surface area contributed by atoms with Crippen molar-refractivity contribution in [2.45, 2.75) is 11.9 Å². The third-order valence-electron chi connectivity index (χ3n) is 3.53. The molecule has 1 atom stereocenters. The van der Waals surface area contributed by atoms with E-state index in [0.29, 0.717) is 5.56 Å². The van der Waals surface area contributed by atoms with Gasteiger partial charge in [-0.15, -0.1) is 0 Å². The number of thioether (sulfide) groups is 1. The number of hydrogen-bond acceptors (Lipinski definition) is 6. The Labute approximate surface area is 142 Å². The number of carboxylic acid groups (broad SMARTS) is 1. The lowest BCUT2D eigenvalue weighted by atomic mass is 10.1. The molecule has 2 aromatic rings. The highest BCUT2D eigenvalue weighted by atomic mass is 32.2. The van der Waals surface area contributed by atoms with E-state index < -0.39 is 11.3 Å². The number of carbonyl (C=O) groups is 3. The van der Waals surface area contributed by atoms with Gasteiger partial charge >= 0.3 is 0 Å². The molecule has 3 rings (SSSR count). The van der Waals surface area contributed by atoms with E-state index >= 15 is 0 Å². The second kappa shape index (κ2) is 6.76. The summed E-state index contributed by atoms with van der Waals surface area (Å²) in [5.41, 5.74) is 1.48. The first-order chi connectivity index (χ1) is 11.5. The highest BCUT2D eigenvalue weighted by Gasteiger charge is 2.39. The summed E-state index contributed by atoms with van der Waals surface area (Å²) in [5.74, 6) is -1.59. The monoisotopic (exact) mass is 341 g/mol. The van der Waals surface area contributed by atoms with Gasteiger partial charge in [-0.25, -0.2) is 0 Å². The summed E-state index contributed by atoms with van der Waals surface area (Å²) in [6.07, 6.45) is 0. The van der Waals surface area contributed by atoms with Crippen molar-refractivity contribution in [3.63, 3.8) is 0 Å². The number of carbonyl (C=O) groups excluding carboxylic acids is 3. The number of anilines is 1. The Morgan fingerprint density at radius 3 is 2.38 bits per heavy atom.